The Morgan fingerprint density at radius 3 is 1.48 bits per heavy atom. The van der Waals surface area contributed by atoms with Crippen LogP contribution >= 0.6 is 0 Å². The number of hydrogen-bond donors (Lipinski definition) is 0. The van der Waals surface area contributed by atoms with Crippen LogP contribution in [0.25, 0.3) is 99.7 Å². The molecular formula is C46H28N4O2. The second kappa shape index (κ2) is 12.3. The van der Waals surface area contributed by atoms with Crippen LogP contribution in [0.4, 0.5) is 0 Å². The van der Waals surface area contributed by atoms with Crippen molar-refractivity contribution in [3.63, 3.8) is 0 Å². The lowest BCUT2D eigenvalue weighted by atomic mass is 9.85. The molecule has 0 amide bonds. The molecule has 0 aliphatic carbocycles. The number of fused-ring (bicyclic) bond motifs is 3. The van der Waals surface area contributed by atoms with Crippen molar-refractivity contribution in [3.8, 4) is 67.4 Å². The molecule has 0 atom stereocenters. The highest BCUT2D eigenvalue weighted by molar-refractivity contribution is 6.22. The number of rotatable bonds is 6. The smallest absolute Gasteiger partial charge is 0.181 e. The van der Waals surface area contributed by atoms with Gasteiger partial charge in [-0.3, -0.25) is 9.97 Å². The summed E-state index contributed by atoms with van der Waals surface area (Å²) < 4.78 is 11.1. The van der Waals surface area contributed by atoms with Crippen LogP contribution in [0.2, 0.25) is 0 Å². The zero-order valence-electron chi connectivity index (χ0n) is 27.8. The van der Waals surface area contributed by atoms with Crippen LogP contribution in [0.15, 0.2) is 180 Å². The lowest BCUT2D eigenvalue weighted by Gasteiger charge is -2.18. The van der Waals surface area contributed by atoms with E-state index in [9.17, 15) is 0 Å². The van der Waals surface area contributed by atoms with Gasteiger partial charge in [-0.2, -0.15) is 0 Å². The van der Waals surface area contributed by atoms with Gasteiger partial charge >= 0.3 is 0 Å². The third kappa shape index (κ3) is 5.05. The number of pyridine rings is 2. The van der Waals surface area contributed by atoms with Gasteiger partial charge in [0.2, 0.25) is 0 Å². The second-order valence-electron chi connectivity index (χ2n) is 12.8. The van der Waals surface area contributed by atoms with E-state index in [1.165, 1.54) is 34.7 Å². The first kappa shape index (κ1) is 29.7. The van der Waals surface area contributed by atoms with Crippen LogP contribution in [-0.4, -0.2) is 19.9 Å². The van der Waals surface area contributed by atoms with E-state index in [1.807, 2.05) is 24.5 Å². The van der Waals surface area contributed by atoms with Gasteiger partial charge in [0.15, 0.2) is 24.3 Å². The van der Waals surface area contributed by atoms with Gasteiger partial charge < -0.3 is 8.83 Å². The summed E-state index contributed by atoms with van der Waals surface area (Å²) in [5, 5.41) is 6.99. The van der Waals surface area contributed by atoms with Gasteiger partial charge in [0.05, 0.1) is 12.4 Å². The molecule has 0 radical (unpaired) electrons. The average molecular weight is 669 g/mol. The summed E-state index contributed by atoms with van der Waals surface area (Å²) in [4.78, 5) is 17.7. The minimum Gasteiger partial charge on any atom is -0.442 e. The zero-order chi connectivity index (χ0) is 34.4. The van der Waals surface area contributed by atoms with Crippen LogP contribution in [0.1, 0.15) is 0 Å². The monoisotopic (exact) mass is 668 g/mol. The molecule has 6 heteroatoms. The minimum atomic E-state index is 0.632. The Balaban J connectivity index is 1.16. The predicted octanol–water partition coefficient (Wildman–Crippen LogP) is 11.9. The molecule has 6 nitrogen and oxygen atoms in total. The fraction of sp³-hybridized carbons (Fsp3) is 0. The Morgan fingerprint density at radius 1 is 0.365 bits per heavy atom. The van der Waals surface area contributed by atoms with Crippen molar-refractivity contribution in [2.75, 3.05) is 0 Å². The fourth-order valence-electron chi connectivity index (χ4n) is 7.36. The molecule has 0 N–H and O–H groups in total. The Hall–Kier alpha value is -7.18. The van der Waals surface area contributed by atoms with Gasteiger partial charge in [0.1, 0.15) is 11.4 Å². The van der Waals surface area contributed by atoms with Gasteiger partial charge in [-0.1, -0.05) is 115 Å². The topological polar surface area (TPSA) is 77.8 Å². The molecule has 0 fully saturated rings. The maximum Gasteiger partial charge on any atom is 0.181 e. The minimum absolute atomic E-state index is 0.632. The van der Waals surface area contributed by atoms with Crippen molar-refractivity contribution in [2.45, 2.75) is 0 Å². The summed E-state index contributed by atoms with van der Waals surface area (Å²) in [7, 11) is 0. The third-order valence-electron chi connectivity index (χ3n) is 9.82. The Labute approximate surface area is 298 Å². The number of hydrogen-bond acceptors (Lipinski definition) is 6. The number of oxazole rings is 2. The van der Waals surface area contributed by atoms with E-state index >= 15 is 0 Å². The Bertz CT molecular complexity index is 2860. The summed E-state index contributed by atoms with van der Waals surface area (Å²) in [6.07, 6.45) is 10.1. The maximum atomic E-state index is 5.54. The molecule has 52 heavy (non-hydrogen) atoms. The molecule has 10 rings (SSSR count). The summed E-state index contributed by atoms with van der Waals surface area (Å²) in [5.74, 6) is 1.26. The second-order valence-corrected chi connectivity index (χ2v) is 12.8. The molecule has 6 aromatic carbocycles. The van der Waals surface area contributed by atoms with E-state index in [4.69, 9.17) is 18.8 Å². The SMILES string of the molecule is c1ccc2c(-c3ccc(-c4ccc5c(-c6ccc(-c7cnco7)nc6)c6ccccc6c(-c6ccc(-c7cnco7)nc6)c5c4)cc3)cccc2c1. The summed E-state index contributed by atoms with van der Waals surface area (Å²) in [6.45, 7) is 0. The van der Waals surface area contributed by atoms with E-state index in [1.54, 1.807) is 12.4 Å². The van der Waals surface area contributed by atoms with Crippen molar-refractivity contribution in [1.29, 1.82) is 0 Å². The van der Waals surface area contributed by atoms with Gasteiger partial charge in [-0.25, -0.2) is 9.97 Å². The average Bonchev–Trinajstić information content (AvgIpc) is 3.96. The van der Waals surface area contributed by atoms with E-state index in [2.05, 4.69) is 131 Å². The molecule has 0 saturated carbocycles. The van der Waals surface area contributed by atoms with Crippen molar-refractivity contribution >= 4 is 32.3 Å². The molecule has 244 valence electrons. The first-order valence-electron chi connectivity index (χ1n) is 17.1. The standard InChI is InChI=1S/C46H28N4O2/c1-2-8-35-30(6-1)7-5-11-36(35)31-14-12-29(13-15-31)32-16-19-39-40(22-32)46(34-18-21-42(50-24-34)44-26-48-28-52-44)38-10-4-3-9-37(38)45(39)33-17-20-41(49-23-33)43-25-47-27-51-43/h1-28H. The van der Waals surface area contributed by atoms with E-state index in [-0.39, 0.29) is 0 Å². The molecule has 0 aliphatic rings. The summed E-state index contributed by atoms with van der Waals surface area (Å²) in [6, 6.07) is 47.5. The number of nitrogens with zero attached hydrogens (tertiary/aromatic N) is 4. The van der Waals surface area contributed by atoms with Crippen molar-refractivity contribution in [3.05, 3.63) is 171 Å². The van der Waals surface area contributed by atoms with Gasteiger partial charge in [0, 0.05) is 23.5 Å². The number of aromatic nitrogens is 4. The molecule has 0 unspecified atom stereocenters. The van der Waals surface area contributed by atoms with Crippen LogP contribution in [0.3, 0.4) is 0 Å². The van der Waals surface area contributed by atoms with E-state index in [0.717, 1.165) is 66.3 Å². The molecule has 4 aromatic heterocycles. The van der Waals surface area contributed by atoms with Crippen molar-refractivity contribution in [2.24, 2.45) is 0 Å². The first-order valence-corrected chi connectivity index (χ1v) is 17.1. The van der Waals surface area contributed by atoms with Crippen LogP contribution in [0, 0.1) is 0 Å². The quantitative estimate of drug-likeness (QED) is 0.164. The van der Waals surface area contributed by atoms with Gasteiger partial charge in [-0.05, 0) is 83.9 Å². The normalized spacial score (nSPS) is 11.5. The third-order valence-corrected chi connectivity index (χ3v) is 9.82. The Kier molecular flexibility index (Phi) is 7.03. The lowest BCUT2D eigenvalue weighted by molar-refractivity contribution is 0.569. The lowest BCUT2D eigenvalue weighted by Crippen LogP contribution is -1.93. The summed E-state index contributed by atoms with van der Waals surface area (Å²) >= 11 is 0. The van der Waals surface area contributed by atoms with Crippen LogP contribution < -0.4 is 0 Å². The molecule has 0 spiro atoms. The van der Waals surface area contributed by atoms with E-state index in [0.29, 0.717) is 11.5 Å². The summed E-state index contributed by atoms with van der Waals surface area (Å²) in [5.41, 5.74) is 10.4. The molecule has 0 aliphatic heterocycles. The molecule has 0 saturated heterocycles. The predicted molar refractivity (Wildman–Crippen MR) is 207 cm³/mol. The molecule has 0 bridgehead atoms. The Morgan fingerprint density at radius 2 is 0.885 bits per heavy atom. The van der Waals surface area contributed by atoms with Gasteiger partial charge in [0.25, 0.3) is 0 Å². The highest BCUT2D eigenvalue weighted by atomic mass is 16.3. The van der Waals surface area contributed by atoms with E-state index < -0.39 is 0 Å². The molecule has 4 heterocycles. The van der Waals surface area contributed by atoms with Crippen LogP contribution in [-0.2, 0) is 0 Å². The molecular weight excluding hydrogens is 641 g/mol. The largest absolute Gasteiger partial charge is 0.442 e. The first-order chi connectivity index (χ1) is 25.8. The van der Waals surface area contributed by atoms with Gasteiger partial charge in [-0.15, -0.1) is 0 Å². The van der Waals surface area contributed by atoms with Crippen molar-refractivity contribution < 1.29 is 8.83 Å². The molecule has 10 aromatic rings. The highest BCUT2D eigenvalue weighted by Gasteiger charge is 2.19. The van der Waals surface area contributed by atoms with Crippen LogP contribution in [0.5, 0.6) is 0 Å². The highest BCUT2D eigenvalue weighted by Crippen LogP contribution is 2.45. The zero-order valence-corrected chi connectivity index (χ0v) is 27.8. The fourth-order valence-corrected chi connectivity index (χ4v) is 7.36. The van der Waals surface area contributed by atoms with Crippen molar-refractivity contribution in [1.82, 2.24) is 19.9 Å². The maximum absolute atomic E-state index is 5.54. The number of benzene rings is 6.